The van der Waals surface area contributed by atoms with Gasteiger partial charge in [-0.25, -0.2) is 0 Å². The van der Waals surface area contributed by atoms with Crippen LogP contribution in [0.3, 0.4) is 0 Å². The van der Waals surface area contributed by atoms with Gasteiger partial charge < -0.3 is 10.1 Å². The van der Waals surface area contributed by atoms with Gasteiger partial charge in [0.15, 0.2) is 5.78 Å². The maximum atomic E-state index is 12.5. The summed E-state index contributed by atoms with van der Waals surface area (Å²) in [6, 6.07) is 9.48. The van der Waals surface area contributed by atoms with Gasteiger partial charge in [-0.05, 0) is 42.0 Å². The number of allylic oxidation sites excluding steroid dienone is 1. The van der Waals surface area contributed by atoms with Crippen LogP contribution >= 0.6 is 11.8 Å². The molecular weight excluding hydrogens is 417 g/mol. The first-order valence-electron chi connectivity index (χ1n) is 7.93. The van der Waals surface area contributed by atoms with E-state index < -0.39 is 23.6 Å². The van der Waals surface area contributed by atoms with E-state index in [1.54, 1.807) is 5.32 Å². The Morgan fingerprint density at radius 3 is 2.48 bits per heavy atom. The molecule has 2 aromatic rings. The summed E-state index contributed by atoms with van der Waals surface area (Å²) in [5, 5.41) is 1.72. The van der Waals surface area contributed by atoms with Crippen molar-refractivity contribution in [3.63, 3.8) is 0 Å². The van der Waals surface area contributed by atoms with E-state index in [0.29, 0.717) is 5.56 Å². The molecule has 2 rings (SSSR count). The van der Waals surface area contributed by atoms with Crippen LogP contribution in [-0.2, 0) is 4.79 Å². The van der Waals surface area contributed by atoms with Crippen molar-refractivity contribution < 1.29 is 36.3 Å². The number of ketones is 1. The van der Waals surface area contributed by atoms with Gasteiger partial charge in [-0.2, -0.15) is 22.0 Å². The summed E-state index contributed by atoms with van der Waals surface area (Å²) in [6.07, 6.45) is -2.51. The second-order valence-corrected chi connectivity index (χ2v) is 6.55. The first kappa shape index (κ1) is 22.4. The lowest BCUT2D eigenvalue weighted by atomic mass is 10.1. The summed E-state index contributed by atoms with van der Waals surface area (Å²) in [7, 11) is 1.29. The van der Waals surface area contributed by atoms with Crippen LogP contribution in [0.4, 0.5) is 27.6 Å². The molecule has 0 radical (unpaired) electrons. The molecular formula is C19H14F5NO3S. The molecule has 0 saturated carbocycles. The number of ether oxygens (including phenoxy) is 1. The summed E-state index contributed by atoms with van der Waals surface area (Å²) in [5.41, 5.74) is 0.463. The zero-order valence-corrected chi connectivity index (χ0v) is 15.6. The predicted molar refractivity (Wildman–Crippen MR) is 99.3 cm³/mol. The third kappa shape index (κ3) is 6.60. The SMILES string of the molecule is COc1cc(C(=O)/C=C/c2cccc(NC(=O)C(F)(F)F)c2)ccc1SC(F)F. The highest BCUT2D eigenvalue weighted by Gasteiger charge is 2.38. The number of halogens is 5. The summed E-state index contributed by atoms with van der Waals surface area (Å²) in [6.45, 7) is 0. The number of anilines is 1. The zero-order chi connectivity index (χ0) is 21.6. The van der Waals surface area contributed by atoms with Gasteiger partial charge >= 0.3 is 12.1 Å². The number of rotatable bonds is 7. The Morgan fingerprint density at radius 1 is 1.14 bits per heavy atom. The fraction of sp³-hybridized carbons (Fsp3) is 0.158. The average Bonchev–Trinajstić information content (AvgIpc) is 2.65. The molecule has 0 aliphatic rings. The Labute approximate surface area is 166 Å². The van der Waals surface area contributed by atoms with Crippen molar-refractivity contribution in [3.05, 3.63) is 59.7 Å². The third-order valence-electron chi connectivity index (χ3n) is 3.49. The van der Waals surface area contributed by atoms with Gasteiger partial charge in [0, 0.05) is 11.3 Å². The third-order valence-corrected chi connectivity index (χ3v) is 4.26. The van der Waals surface area contributed by atoms with E-state index in [1.807, 2.05) is 0 Å². The van der Waals surface area contributed by atoms with Crippen molar-refractivity contribution in [3.8, 4) is 5.75 Å². The van der Waals surface area contributed by atoms with Gasteiger partial charge in [-0.3, -0.25) is 9.59 Å². The quantitative estimate of drug-likeness (QED) is 0.276. The number of carbonyl (C=O) groups excluding carboxylic acids is 2. The zero-order valence-electron chi connectivity index (χ0n) is 14.8. The van der Waals surface area contributed by atoms with Crippen LogP contribution in [0.25, 0.3) is 6.08 Å². The molecule has 0 aliphatic carbocycles. The van der Waals surface area contributed by atoms with E-state index in [1.165, 1.54) is 61.7 Å². The molecule has 0 aliphatic heterocycles. The predicted octanol–water partition coefficient (Wildman–Crippen LogP) is 5.41. The van der Waals surface area contributed by atoms with E-state index in [-0.39, 0.29) is 33.7 Å². The number of hydrogen-bond acceptors (Lipinski definition) is 4. The molecule has 29 heavy (non-hydrogen) atoms. The van der Waals surface area contributed by atoms with E-state index in [4.69, 9.17) is 4.74 Å². The molecule has 1 amide bonds. The van der Waals surface area contributed by atoms with Gasteiger partial charge in [-0.1, -0.05) is 30.0 Å². The van der Waals surface area contributed by atoms with E-state index in [0.717, 1.165) is 0 Å². The number of hydrogen-bond donors (Lipinski definition) is 1. The second-order valence-electron chi connectivity index (χ2n) is 5.52. The number of methoxy groups -OCH3 is 1. The van der Waals surface area contributed by atoms with Gasteiger partial charge in [0.1, 0.15) is 5.75 Å². The Kier molecular flexibility index (Phi) is 7.38. The minimum absolute atomic E-state index is 0.0861. The van der Waals surface area contributed by atoms with Crippen molar-refractivity contribution in [2.24, 2.45) is 0 Å². The molecule has 1 N–H and O–H groups in total. The number of amides is 1. The highest BCUT2D eigenvalue weighted by Crippen LogP contribution is 2.34. The minimum Gasteiger partial charge on any atom is -0.496 e. The molecule has 0 bridgehead atoms. The van der Waals surface area contributed by atoms with Crippen LogP contribution < -0.4 is 10.1 Å². The fourth-order valence-corrected chi connectivity index (χ4v) is 2.80. The van der Waals surface area contributed by atoms with Crippen LogP contribution in [0.2, 0.25) is 0 Å². The van der Waals surface area contributed by atoms with Crippen LogP contribution in [0.15, 0.2) is 53.4 Å². The molecule has 0 atom stereocenters. The normalized spacial score (nSPS) is 11.7. The first-order chi connectivity index (χ1) is 13.6. The Morgan fingerprint density at radius 2 is 1.86 bits per heavy atom. The molecule has 0 fully saturated rings. The molecule has 0 aromatic heterocycles. The summed E-state index contributed by atoms with van der Waals surface area (Å²) in [5.74, 6) is -5.10. The average molecular weight is 431 g/mol. The molecule has 10 heteroatoms. The number of benzene rings is 2. The Balaban J connectivity index is 2.15. The van der Waals surface area contributed by atoms with E-state index in [2.05, 4.69) is 0 Å². The molecule has 0 saturated heterocycles. The topological polar surface area (TPSA) is 55.4 Å². The number of thioether (sulfide) groups is 1. The van der Waals surface area contributed by atoms with Crippen LogP contribution in [0.5, 0.6) is 5.75 Å². The van der Waals surface area contributed by atoms with Gasteiger partial charge in [-0.15, -0.1) is 0 Å². The van der Waals surface area contributed by atoms with Gasteiger partial charge in [0.25, 0.3) is 5.76 Å². The number of alkyl halides is 5. The molecule has 0 unspecified atom stereocenters. The Bertz CT molecular complexity index is 928. The second kappa shape index (κ2) is 9.55. The lowest BCUT2D eigenvalue weighted by Gasteiger charge is -2.09. The lowest BCUT2D eigenvalue weighted by molar-refractivity contribution is -0.167. The van der Waals surface area contributed by atoms with Crippen LogP contribution in [0.1, 0.15) is 15.9 Å². The smallest absolute Gasteiger partial charge is 0.471 e. The molecule has 154 valence electrons. The van der Waals surface area contributed by atoms with Crippen molar-refractivity contribution in [1.29, 1.82) is 0 Å². The van der Waals surface area contributed by atoms with E-state index >= 15 is 0 Å². The van der Waals surface area contributed by atoms with Crippen molar-refractivity contribution >= 4 is 35.2 Å². The number of nitrogens with one attached hydrogen (secondary N) is 1. The van der Waals surface area contributed by atoms with Crippen molar-refractivity contribution in [1.82, 2.24) is 0 Å². The standard InChI is InChI=1S/C19H14F5NO3S/c1-28-15-10-12(6-8-16(15)29-18(20)21)14(26)7-5-11-3-2-4-13(9-11)25-17(27)19(22,23)24/h2-10,18H,1H3,(H,25,27)/b7-5+. The summed E-state index contributed by atoms with van der Waals surface area (Å²) >= 11 is 0.286. The first-order valence-corrected chi connectivity index (χ1v) is 8.81. The van der Waals surface area contributed by atoms with E-state index in [9.17, 15) is 31.5 Å². The monoisotopic (exact) mass is 431 g/mol. The lowest BCUT2D eigenvalue weighted by Crippen LogP contribution is -2.29. The molecule has 2 aromatic carbocycles. The van der Waals surface area contributed by atoms with Crippen LogP contribution in [0, 0.1) is 0 Å². The highest BCUT2D eigenvalue weighted by molar-refractivity contribution is 7.99. The highest BCUT2D eigenvalue weighted by atomic mass is 32.2. The van der Waals surface area contributed by atoms with Crippen molar-refractivity contribution in [2.45, 2.75) is 16.8 Å². The summed E-state index contributed by atoms with van der Waals surface area (Å²) < 4.78 is 67.0. The fourth-order valence-electron chi connectivity index (χ4n) is 2.20. The number of carbonyl (C=O) groups is 2. The minimum atomic E-state index is -5.02. The molecule has 0 spiro atoms. The Hall–Kier alpha value is -2.88. The van der Waals surface area contributed by atoms with Gasteiger partial charge in [0.2, 0.25) is 0 Å². The molecule has 4 nitrogen and oxygen atoms in total. The maximum absolute atomic E-state index is 12.5. The molecule has 0 heterocycles. The largest absolute Gasteiger partial charge is 0.496 e. The van der Waals surface area contributed by atoms with Crippen molar-refractivity contribution in [2.75, 3.05) is 12.4 Å². The summed E-state index contributed by atoms with van der Waals surface area (Å²) in [4.78, 5) is 23.5. The maximum Gasteiger partial charge on any atom is 0.471 e. The van der Waals surface area contributed by atoms with Gasteiger partial charge in [0.05, 0.1) is 12.0 Å². The van der Waals surface area contributed by atoms with Crippen LogP contribution in [-0.4, -0.2) is 30.7 Å².